The monoisotopic (exact) mass is 301 g/mol. The third-order valence-corrected chi connectivity index (χ3v) is 4.39. The smallest absolute Gasteiger partial charge is 0.347 e. The summed E-state index contributed by atoms with van der Waals surface area (Å²) < 4.78 is 38.7. The van der Waals surface area contributed by atoms with Crippen molar-refractivity contribution >= 4 is 26.7 Å². The van der Waals surface area contributed by atoms with Crippen molar-refractivity contribution in [2.24, 2.45) is 0 Å². The Hall–Kier alpha value is -1.34. The first kappa shape index (κ1) is 13.6. The fourth-order valence-corrected chi connectivity index (χ4v) is 3.32. The lowest BCUT2D eigenvalue weighted by molar-refractivity contribution is -0.137. The number of thiazole rings is 1. The normalized spacial score (nSPS) is 17.4. The molecule has 1 saturated heterocycles. The van der Waals surface area contributed by atoms with Crippen molar-refractivity contribution in [3.8, 4) is 0 Å². The van der Waals surface area contributed by atoms with Crippen LogP contribution in [-0.4, -0.2) is 31.2 Å². The van der Waals surface area contributed by atoms with E-state index >= 15 is 0 Å². The lowest BCUT2D eigenvalue weighted by Gasteiger charge is -2.17. The van der Waals surface area contributed by atoms with E-state index in [-0.39, 0.29) is 0 Å². The average Bonchev–Trinajstić information content (AvgIpc) is 2.63. The Balaban J connectivity index is 1.93. The van der Waals surface area contributed by atoms with E-state index in [0.717, 1.165) is 43.8 Å². The molecule has 1 aliphatic rings. The predicted molar refractivity (Wildman–Crippen MR) is 74.3 cm³/mol. The van der Waals surface area contributed by atoms with E-state index in [0.29, 0.717) is 10.2 Å². The summed E-state index contributed by atoms with van der Waals surface area (Å²) in [7, 11) is 0. The van der Waals surface area contributed by atoms with Gasteiger partial charge in [-0.05, 0) is 31.2 Å². The number of rotatable bonds is 1. The molecule has 2 heterocycles. The van der Waals surface area contributed by atoms with Gasteiger partial charge in [-0.1, -0.05) is 11.3 Å². The molecule has 0 saturated carbocycles. The SMILES string of the molecule is FC(F)(F)c1ccc2nc(N3CCCNCC3)sc2c1. The van der Waals surface area contributed by atoms with Crippen LogP contribution >= 0.6 is 11.3 Å². The highest BCUT2D eigenvalue weighted by Crippen LogP contribution is 2.35. The number of benzene rings is 1. The van der Waals surface area contributed by atoms with E-state index in [1.807, 2.05) is 0 Å². The van der Waals surface area contributed by atoms with E-state index in [2.05, 4.69) is 15.2 Å². The minimum absolute atomic E-state index is 0.590. The van der Waals surface area contributed by atoms with Gasteiger partial charge in [0.05, 0.1) is 15.8 Å². The topological polar surface area (TPSA) is 28.2 Å². The highest BCUT2D eigenvalue weighted by molar-refractivity contribution is 7.22. The quantitative estimate of drug-likeness (QED) is 0.877. The number of hydrogen-bond acceptors (Lipinski definition) is 4. The van der Waals surface area contributed by atoms with Crippen molar-refractivity contribution in [1.82, 2.24) is 10.3 Å². The number of nitrogens with one attached hydrogen (secondary N) is 1. The van der Waals surface area contributed by atoms with Gasteiger partial charge in [-0.3, -0.25) is 0 Å². The number of aromatic nitrogens is 1. The Morgan fingerprint density at radius 3 is 2.85 bits per heavy atom. The summed E-state index contributed by atoms with van der Waals surface area (Å²) in [4.78, 5) is 6.59. The van der Waals surface area contributed by atoms with Crippen LogP contribution in [0.1, 0.15) is 12.0 Å². The van der Waals surface area contributed by atoms with Crippen molar-refractivity contribution in [3.05, 3.63) is 23.8 Å². The van der Waals surface area contributed by atoms with Gasteiger partial charge in [-0.2, -0.15) is 13.2 Å². The molecular formula is C13H14F3N3S. The lowest BCUT2D eigenvalue weighted by atomic mass is 10.2. The van der Waals surface area contributed by atoms with Crippen molar-refractivity contribution in [2.75, 3.05) is 31.1 Å². The summed E-state index contributed by atoms with van der Waals surface area (Å²) in [6.07, 6.45) is -3.28. The summed E-state index contributed by atoms with van der Waals surface area (Å²) >= 11 is 1.33. The van der Waals surface area contributed by atoms with Gasteiger partial charge in [0.2, 0.25) is 0 Å². The number of halogens is 3. The van der Waals surface area contributed by atoms with Crippen molar-refractivity contribution < 1.29 is 13.2 Å². The molecule has 0 spiro atoms. The second-order valence-electron chi connectivity index (χ2n) is 4.77. The van der Waals surface area contributed by atoms with E-state index in [1.54, 1.807) is 0 Å². The number of fused-ring (bicyclic) bond motifs is 1. The Kier molecular flexibility index (Phi) is 3.55. The standard InChI is InChI=1S/C13H14F3N3S/c14-13(15,16)9-2-3-10-11(8-9)20-12(18-10)19-6-1-4-17-5-7-19/h2-3,8,17H,1,4-7H2. The minimum atomic E-state index is -4.30. The molecule has 1 aromatic carbocycles. The summed E-state index contributed by atoms with van der Waals surface area (Å²) in [6, 6.07) is 3.73. The maximum absolute atomic E-state index is 12.7. The molecule has 7 heteroatoms. The molecule has 0 unspecified atom stereocenters. The third kappa shape index (κ3) is 2.73. The van der Waals surface area contributed by atoms with Crippen molar-refractivity contribution in [2.45, 2.75) is 12.6 Å². The summed E-state index contributed by atoms with van der Waals surface area (Å²) in [5.41, 5.74) is 0.0212. The van der Waals surface area contributed by atoms with Gasteiger partial charge in [0, 0.05) is 19.6 Å². The highest BCUT2D eigenvalue weighted by Gasteiger charge is 2.30. The van der Waals surface area contributed by atoms with Gasteiger partial charge >= 0.3 is 6.18 Å². The van der Waals surface area contributed by atoms with Crippen LogP contribution in [0.3, 0.4) is 0 Å². The molecule has 2 aromatic rings. The maximum atomic E-state index is 12.7. The Morgan fingerprint density at radius 2 is 2.05 bits per heavy atom. The van der Waals surface area contributed by atoms with Crippen LogP contribution in [0, 0.1) is 0 Å². The number of nitrogens with zero attached hydrogens (tertiary/aromatic N) is 2. The zero-order valence-electron chi connectivity index (χ0n) is 10.7. The summed E-state index contributed by atoms with van der Waals surface area (Å²) in [5, 5.41) is 4.10. The van der Waals surface area contributed by atoms with Gasteiger partial charge in [-0.15, -0.1) is 0 Å². The van der Waals surface area contributed by atoms with E-state index in [1.165, 1.54) is 23.5 Å². The molecule has 0 aliphatic carbocycles. The van der Waals surface area contributed by atoms with Gasteiger partial charge in [0.1, 0.15) is 0 Å². The summed E-state index contributed by atoms with van der Waals surface area (Å²) in [5.74, 6) is 0. The van der Waals surface area contributed by atoms with Crippen LogP contribution in [0.25, 0.3) is 10.2 Å². The lowest BCUT2D eigenvalue weighted by Crippen LogP contribution is -2.27. The molecule has 20 heavy (non-hydrogen) atoms. The van der Waals surface area contributed by atoms with Gasteiger partial charge in [-0.25, -0.2) is 4.98 Å². The molecule has 0 bridgehead atoms. The first-order valence-electron chi connectivity index (χ1n) is 6.47. The van der Waals surface area contributed by atoms with Gasteiger partial charge in [0.15, 0.2) is 5.13 Å². The zero-order chi connectivity index (χ0) is 14.2. The minimum Gasteiger partial charge on any atom is -0.347 e. The maximum Gasteiger partial charge on any atom is 0.416 e. The fraction of sp³-hybridized carbons (Fsp3) is 0.462. The van der Waals surface area contributed by atoms with Crippen LogP contribution in [0.5, 0.6) is 0 Å². The van der Waals surface area contributed by atoms with Crippen molar-refractivity contribution in [1.29, 1.82) is 0 Å². The van der Waals surface area contributed by atoms with Crippen LogP contribution in [0.15, 0.2) is 18.2 Å². The summed E-state index contributed by atoms with van der Waals surface area (Å²) in [6.45, 7) is 3.58. The van der Waals surface area contributed by atoms with E-state index in [4.69, 9.17) is 0 Å². The second kappa shape index (κ2) is 5.21. The molecular weight excluding hydrogens is 287 g/mol. The number of alkyl halides is 3. The molecule has 3 nitrogen and oxygen atoms in total. The predicted octanol–water partition coefficient (Wildman–Crippen LogP) is 3.11. The molecule has 1 fully saturated rings. The number of hydrogen-bond donors (Lipinski definition) is 1. The largest absolute Gasteiger partial charge is 0.416 e. The molecule has 1 aromatic heterocycles. The first-order chi connectivity index (χ1) is 9.54. The first-order valence-corrected chi connectivity index (χ1v) is 7.29. The molecule has 1 N–H and O–H groups in total. The van der Waals surface area contributed by atoms with Crippen LogP contribution in [0.4, 0.5) is 18.3 Å². The van der Waals surface area contributed by atoms with Gasteiger partial charge < -0.3 is 10.2 Å². The molecule has 0 atom stereocenters. The Labute approximate surface area is 118 Å². The van der Waals surface area contributed by atoms with Crippen molar-refractivity contribution in [3.63, 3.8) is 0 Å². The molecule has 108 valence electrons. The Bertz CT molecular complexity index is 600. The van der Waals surface area contributed by atoms with E-state index < -0.39 is 11.7 Å². The average molecular weight is 301 g/mol. The Morgan fingerprint density at radius 1 is 1.20 bits per heavy atom. The molecule has 0 amide bonds. The van der Waals surface area contributed by atoms with E-state index in [9.17, 15) is 13.2 Å². The van der Waals surface area contributed by atoms with Crippen LogP contribution in [0.2, 0.25) is 0 Å². The van der Waals surface area contributed by atoms with Crippen LogP contribution in [-0.2, 0) is 6.18 Å². The fourth-order valence-electron chi connectivity index (χ4n) is 2.26. The highest BCUT2D eigenvalue weighted by atomic mass is 32.1. The molecule has 1 aliphatic heterocycles. The molecule has 3 rings (SSSR count). The zero-order valence-corrected chi connectivity index (χ0v) is 11.5. The molecule has 0 radical (unpaired) electrons. The van der Waals surface area contributed by atoms with Crippen LogP contribution < -0.4 is 10.2 Å². The van der Waals surface area contributed by atoms with Gasteiger partial charge in [0.25, 0.3) is 0 Å². The number of anilines is 1. The third-order valence-electron chi connectivity index (χ3n) is 3.32. The second-order valence-corrected chi connectivity index (χ2v) is 5.78.